The highest BCUT2D eigenvalue weighted by Crippen LogP contribution is 2.43. The fourth-order valence-electron chi connectivity index (χ4n) is 4.97. The highest BCUT2D eigenvalue weighted by Gasteiger charge is 2.46. The average molecular weight is 553 g/mol. The second kappa shape index (κ2) is 10.6. The quantitative estimate of drug-likeness (QED) is 0.333. The van der Waals surface area contributed by atoms with E-state index in [1.165, 1.54) is 42.3 Å². The van der Waals surface area contributed by atoms with E-state index in [2.05, 4.69) is 10.4 Å². The highest BCUT2D eigenvalue weighted by molar-refractivity contribution is 6.05. The van der Waals surface area contributed by atoms with Crippen LogP contribution in [0.1, 0.15) is 38.7 Å². The van der Waals surface area contributed by atoms with Gasteiger partial charge in [0.05, 0.1) is 16.9 Å². The second-order valence-electron chi connectivity index (χ2n) is 9.31. The minimum absolute atomic E-state index is 0.185. The number of anilines is 1. The largest absolute Gasteiger partial charge is 0.416 e. The third-order valence-electron chi connectivity index (χ3n) is 6.74. The summed E-state index contributed by atoms with van der Waals surface area (Å²) in [4.78, 5) is 28.7. The molecule has 0 spiro atoms. The molecule has 0 aliphatic carbocycles. The molecule has 0 fully saturated rings. The van der Waals surface area contributed by atoms with E-state index in [-0.39, 0.29) is 12.3 Å². The van der Waals surface area contributed by atoms with Crippen LogP contribution in [0, 0.1) is 12.7 Å². The zero-order chi connectivity index (χ0) is 28.6. The summed E-state index contributed by atoms with van der Waals surface area (Å²) in [5, 5.41) is 7.34. The van der Waals surface area contributed by atoms with E-state index in [0.717, 1.165) is 18.2 Å². The van der Waals surface area contributed by atoms with Crippen molar-refractivity contribution in [3.63, 3.8) is 0 Å². The summed E-state index contributed by atoms with van der Waals surface area (Å²) < 4.78 is 60.7. The Balaban J connectivity index is 1.66. The van der Waals surface area contributed by atoms with Crippen LogP contribution in [0.4, 0.5) is 23.4 Å². The van der Waals surface area contributed by atoms with Gasteiger partial charge >= 0.3 is 6.18 Å². The summed E-state index contributed by atoms with van der Waals surface area (Å²) in [6.07, 6.45) is -4.65. The molecule has 206 valence electrons. The Morgan fingerprint density at radius 1 is 1.02 bits per heavy atom. The van der Waals surface area contributed by atoms with Gasteiger partial charge in [-0.05, 0) is 55.0 Å². The standard InChI is InChI=1S/C29H24F4N4O3/c1-17-23-24(18-11-13-21(30)14-12-18)25(34-26(38)19-7-6-8-20(15-19)29(31,32)33)28(39)36(16-40-2)27(23)37(35-17)22-9-4-3-5-10-22/h3-15,24-25H,16H2,1-2H3,(H,34,38). The van der Waals surface area contributed by atoms with Gasteiger partial charge in [0, 0.05) is 24.2 Å². The van der Waals surface area contributed by atoms with Crippen molar-refractivity contribution in [2.45, 2.75) is 25.1 Å². The molecule has 2 atom stereocenters. The Morgan fingerprint density at radius 3 is 2.38 bits per heavy atom. The van der Waals surface area contributed by atoms with E-state index < -0.39 is 41.3 Å². The number of methoxy groups -OCH3 is 1. The van der Waals surface area contributed by atoms with Gasteiger partial charge in [-0.1, -0.05) is 36.4 Å². The molecule has 1 aliphatic heterocycles. The predicted octanol–water partition coefficient (Wildman–Crippen LogP) is 5.22. The number of aryl methyl sites for hydroxylation is 1. The summed E-state index contributed by atoms with van der Waals surface area (Å²) in [6.45, 7) is 1.57. The molecule has 3 aromatic carbocycles. The minimum atomic E-state index is -4.65. The highest BCUT2D eigenvalue weighted by atomic mass is 19.4. The van der Waals surface area contributed by atoms with E-state index in [1.807, 2.05) is 30.3 Å². The summed E-state index contributed by atoms with van der Waals surface area (Å²) in [7, 11) is 1.41. The molecule has 1 aliphatic rings. The fraction of sp³-hybridized carbons (Fsp3) is 0.207. The molecule has 2 unspecified atom stereocenters. The van der Waals surface area contributed by atoms with E-state index in [0.29, 0.717) is 28.3 Å². The number of hydrogen-bond acceptors (Lipinski definition) is 4. The van der Waals surface area contributed by atoms with Gasteiger partial charge in [0.15, 0.2) is 0 Å². The first-order chi connectivity index (χ1) is 19.1. The molecule has 2 amide bonds. The van der Waals surface area contributed by atoms with Crippen molar-refractivity contribution in [1.82, 2.24) is 15.1 Å². The Kier molecular flexibility index (Phi) is 7.16. The zero-order valence-corrected chi connectivity index (χ0v) is 21.4. The maximum absolute atomic E-state index is 14.1. The number of benzene rings is 3. The number of carbonyl (C=O) groups is 2. The van der Waals surface area contributed by atoms with E-state index >= 15 is 0 Å². The van der Waals surface area contributed by atoms with Crippen molar-refractivity contribution in [3.8, 4) is 5.69 Å². The van der Waals surface area contributed by atoms with Crippen LogP contribution in [0.15, 0.2) is 78.9 Å². The van der Waals surface area contributed by atoms with Crippen LogP contribution in [0.5, 0.6) is 0 Å². The number of ether oxygens (including phenoxy) is 1. The van der Waals surface area contributed by atoms with Gasteiger partial charge < -0.3 is 10.1 Å². The number of hydrogen-bond donors (Lipinski definition) is 1. The van der Waals surface area contributed by atoms with Crippen molar-refractivity contribution in [1.29, 1.82) is 0 Å². The van der Waals surface area contributed by atoms with Gasteiger partial charge in [-0.2, -0.15) is 18.3 Å². The molecular weight excluding hydrogens is 528 g/mol. The normalized spacial score (nSPS) is 17.1. The van der Waals surface area contributed by atoms with Crippen LogP contribution >= 0.6 is 0 Å². The lowest BCUT2D eigenvalue weighted by atomic mass is 9.81. The predicted molar refractivity (Wildman–Crippen MR) is 139 cm³/mol. The van der Waals surface area contributed by atoms with Crippen molar-refractivity contribution < 1.29 is 31.9 Å². The molecule has 1 N–H and O–H groups in total. The lowest BCUT2D eigenvalue weighted by molar-refractivity contribution is -0.137. The minimum Gasteiger partial charge on any atom is -0.364 e. The molecular formula is C29H24F4N4O3. The number of aromatic nitrogens is 2. The number of halogens is 4. The molecule has 0 bridgehead atoms. The number of para-hydroxylation sites is 1. The van der Waals surface area contributed by atoms with E-state index in [9.17, 15) is 27.2 Å². The Labute approximate surface area is 227 Å². The van der Waals surface area contributed by atoms with Crippen molar-refractivity contribution in [2.75, 3.05) is 18.7 Å². The topological polar surface area (TPSA) is 76.5 Å². The van der Waals surface area contributed by atoms with Gasteiger partial charge in [-0.3, -0.25) is 14.5 Å². The number of alkyl halides is 3. The molecule has 2 heterocycles. The van der Waals surface area contributed by atoms with Crippen LogP contribution in [0.3, 0.4) is 0 Å². The SMILES string of the molecule is COCN1C(=O)C(NC(=O)c2cccc(C(F)(F)F)c2)C(c2ccc(F)cc2)c2c(C)nn(-c3ccccc3)c21. The first-order valence-corrected chi connectivity index (χ1v) is 12.3. The molecule has 7 nitrogen and oxygen atoms in total. The van der Waals surface area contributed by atoms with Gasteiger partial charge in [-0.25, -0.2) is 9.07 Å². The number of nitrogens with one attached hydrogen (secondary N) is 1. The van der Waals surface area contributed by atoms with Crippen molar-refractivity contribution >= 4 is 17.6 Å². The summed E-state index contributed by atoms with van der Waals surface area (Å²) in [5.41, 5.74) is 1.06. The molecule has 1 aromatic heterocycles. The van der Waals surface area contributed by atoms with Gasteiger partial charge in [0.25, 0.3) is 11.8 Å². The second-order valence-corrected chi connectivity index (χ2v) is 9.31. The van der Waals surface area contributed by atoms with Crippen LogP contribution < -0.4 is 10.2 Å². The Bertz CT molecular complexity index is 1550. The first kappa shape index (κ1) is 27.1. The maximum Gasteiger partial charge on any atom is 0.416 e. The number of amides is 2. The molecule has 40 heavy (non-hydrogen) atoms. The molecule has 0 saturated heterocycles. The molecule has 5 rings (SSSR count). The lowest BCUT2D eigenvalue weighted by Crippen LogP contribution is -2.56. The third kappa shape index (κ3) is 4.95. The lowest BCUT2D eigenvalue weighted by Gasteiger charge is -2.38. The van der Waals surface area contributed by atoms with E-state index in [1.54, 1.807) is 11.6 Å². The maximum atomic E-state index is 14.1. The smallest absolute Gasteiger partial charge is 0.364 e. The zero-order valence-electron chi connectivity index (χ0n) is 21.4. The van der Waals surface area contributed by atoms with Gasteiger partial charge in [0.1, 0.15) is 24.4 Å². The number of carbonyl (C=O) groups excluding carboxylic acids is 2. The van der Waals surface area contributed by atoms with Crippen LogP contribution in [-0.4, -0.2) is 41.5 Å². The first-order valence-electron chi connectivity index (χ1n) is 12.3. The number of rotatable bonds is 6. The molecule has 4 aromatic rings. The van der Waals surface area contributed by atoms with E-state index in [4.69, 9.17) is 4.74 Å². The molecule has 11 heteroatoms. The summed E-state index contributed by atoms with van der Waals surface area (Å²) in [6, 6.07) is 17.3. The summed E-state index contributed by atoms with van der Waals surface area (Å²) >= 11 is 0. The van der Waals surface area contributed by atoms with Crippen LogP contribution in [0.25, 0.3) is 5.69 Å². The fourth-order valence-corrected chi connectivity index (χ4v) is 4.97. The summed E-state index contributed by atoms with van der Waals surface area (Å²) in [5.74, 6) is -2.35. The molecule has 0 saturated carbocycles. The number of fused-ring (bicyclic) bond motifs is 1. The van der Waals surface area contributed by atoms with Gasteiger partial charge in [-0.15, -0.1) is 0 Å². The average Bonchev–Trinajstić information content (AvgIpc) is 3.28. The number of nitrogens with zero attached hydrogens (tertiary/aromatic N) is 3. The monoisotopic (exact) mass is 552 g/mol. The Morgan fingerprint density at radius 2 is 1.73 bits per heavy atom. The van der Waals surface area contributed by atoms with Gasteiger partial charge in [0.2, 0.25) is 0 Å². The van der Waals surface area contributed by atoms with Crippen molar-refractivity contribution in [2.24, 2.45) is 0 Å². The van der Waals surface area contributed by atoms with Crippen LogP contribution in [-0.2, 0) is 15.7 Å². The third-order valence-corrected chi connectivity index (χ3v) is 6.74. The Hall–Kier alpha value is -4.51. The molecule has 0 radical (unpaired) electrons. The van der Waals surface area contributed by atoms with Crippen LogP contribution in [0.2, 0.25) is 0 Å². The van der Waals surface area contributed by atoms with Crippen molar-refractivity contribution in [3.05, 3.63) is 113 Å².